The van der Waals surface area contributed by atoms with Crippen molar-refractivity contribution in [2.45, 2.75) is 58.2 Å². The van der Waals surface area contributed by atoms with Gasteiger partial charge in [0.05, 0.1) is 24.5 Å². The largest absolute Gasteiger partial charge is 0.471 e. The molecule has 2 aliphatic rings. The minimum Gasteiger partial charge on any atom is -0.471 e. The number of nitrogens with zero attached hydrogens (tertiary/aromatic N) is 5. The minimum absolute atomic E-state index is 0.0857. The van der Waals surface area contributed by atoms with Crippen molar-refractivity contribution in [3.63, 3.8) is 0 Å². The lowest BCUT2D eigenvalue weighted by Crippen LogP contribution is -2.51. The molecule has 1 aromatic carbocycles. The van der Waals surface area contributed by atoms with E-state index >= 15 is 0 Å². The fraction of sp³-hybridized carbons (Fsp3) is 0.520. The Kier molecular flexibility index (Phi) is 6.18. The lowest BCUT2D eigenvalue weighted by atomic mass is 9.90. The highest BCUT2D eigenvalue weighted by atomic mass is 31.0. The van der Waals surface area contributed by atoms with Crippen molar-refractivity contribution < 1.29 is 19.4 Å². The van der Waals surface area contributed by atoms with Gasteiger partial charge in [0.25, 0.3) is 0 Å². The minimum atomic E-state index is -0.539. The van der Waals surface area contributed by atoms with E-state index in [4.69, 9.17) is 14.5 Å². The molecule has 1 amide bonds. The van der Waals surface area contributed by atoms with E-state index < -0.39 is 5.60 Å². The van der Waals surface area contributed by atoms with Gasteiger partial charge in [-0.05, 0) is 73.5 Å². The molecule has 1 aliphatic carbocycles. The first kappa shape index (κ1) is 23.9. The predicted molar refractivity (Wildman–Crippen MR) is 135 cm³/mol. The molecule has 2 aromatic heterocycles. The van der Waals surface area contributed by atoms with Gasteiger partial charge >= 0.3 is 6.09 Å². The van der Waals surface area contributed by atoms with Crippen LogP contribution >= 0.6 is 9.39 Å². The first-order chi connectivity index (χ1) is 16.7. The normalized spacial score (nSPS) is 19.2. The summed E-state index contributed by atoms with van der Waals surface area (Å²) < 4.78 is 13.7. The molecule has 1 saturated carbocycles. The Morgan fingerprint density at radius 2 is 2.06 bits per heavy atom. The SMILES string of the molecule is CC(C)(C)OC(=O)N1CCC2(CC2)[C@@H](Oc2cncc(-c3nn(P)c4ccc(CCO)cc34)n2)C1. The number of fused-ring (bicyclic) bond motifs is 1. The number of carbonyl (C=O) groups is 1. The fourth-order valence-corrected chi connectivity index (χ4v) is 5.06. The highest BCUT2D eigenvalue weighted by Crippen LogP contribution is 2.54. The van der Waals surface area contributed by atoms with Crippen LogP contribution < -0.4 is 4.74 Å². The first-order valence-electron chi connectivity index (χ1n) is 12.0. The molecule has 2 fully saturated rings. The van der Waals surface area contributed by atoms with E-state index in [1.807, 2.05) is 39.0 Å². The van der Waals surface area contributed by atoms with Crippen LogP contribution in [0.25, 0.3) is 22.3 Å². The van der Waals surface area contributed by atoms with Gasteiger partial charge in [0.1, 0.15) is 23.1 Å². The molecular weight excluding hydrogens is 465 g/mol. The number of aliphatic hydroxyl groups is 1. The van der Waals surface area contributed by atoms with Crippen molar-refractivity contribution in [2.24, 2.45) is 5.41 Å². The van der Waals surface area contributed by atoms with Gasteiger partial charge in [0.2, 0.25) is 5.88 Å². The second kappa shape index (κ2) is 9.03. The maximum atomic E-state index is 12.7. The summed E-state index contributed by atoms with van der Waals surface area (Å²) in [5.74, 6) is 0.419. The first-order valence-corrected chi connectivity index (χ1v) is 12.5. The predicted octanol–water partition coefficient (Wildman–Crippen LogP) is 3.83. The average Bonchev–Trinajstić information content (AvgIpc) is 3.50. The number of ether oxygens (including phenoxy) is 2. The molecule has 1 saturated heterocycles. The summed E-state index contributed by atoms with van der Waals surface area (Å²) in [5.41, 5.74) is 2.83. The van der Waals surface area contributed by atoms with E-state index in [1.165, 1.54) is 0 Å². The van der Waals surface area contributed by atoms with E-state index in [9.17, 15) is 9.90 Å². The fourth-order valence-electron chi connectivity index (χ4n) is 4.72. The molecule has 3 heterocycles. The zero-order valence-electron chi connectivity index (χ0n) is 20.4. The van der Waals surface area contributed by atoms with Gasteiger partial charge in [0, 0.05) is 24.0 Å². The Balaban J connectivity index is 1.39. The second-order valence-corrected chi connectivity index (χ2v) is 11.0. The number of carbonyl (C=O) groups excluding carboxylic acids is 1. The molecule has 9 nitrogen and oxygen atoms in total. The molecule has 1 aliphatic heterocycles. The molecule has 1 unspecified atom stereocenters. The topological polar surface area (TPSA) is 103 Å². The number of hydrogen-bond donors (Lipinski definition) is 1. The van der Waals surface area contributed by atoms with Crippen molar-refractivity contribution in [1.82, 2.24) is 24.4 Å². The molecule has 0 bridgehead atoms. The van der Waals surface area contributed by atoms with Crippen LogP contribution in [0, 0.1) is 5.41 Å². The van der Waals surface area contributed by atoms with Crippen LogP contribution in [0.4, 0.5) is 4.79 Å². The summed E-state index contributed by atoms with van der Waals surface area (Å²) >= 11 is 0. The van der Waals surface area contributed by atoms with E-state index in [0.717, 1.165) is 35.7 Å². The van der Waals surface area contributed by atoms with Crippen molar-refractivity contribution in [2.75, 3.05) is 19.7 Å². The monoisotopic (exact) mass is 497 g/mol. The summed E-state index contributed by atoms with van der Waals surface area (Å²) in [5, 5.41) is 14.9. The van der Waals surface area contributed by atoms with Crippen LogP contribution in [0.3, 0.4) is 0 Å². The Morgan fingerprint density at radius 1 is 1.26 bits per heavy atom. The lowest BCUT2D eigenvalue weighted by Gasteiger charge is -2.39. The van der Waals surface area contributed by atoms with Crippen molar-refractivity contribution in [3.05, 3.63) is 36.2 Å². The molecule has 3 aromatic rings. The Labute approximate surface area is 207 Å². The standard InChI is InChI=1S/C25H32N5O4P/c1-24(2,3)34-23(32)29-10-9-25(7-8-25)20(15-29)33-21-14-26-13-18(27-21)22-17-12-16(6-11-31)4-5-19(17)30(35)28-22/h4-5,12-14,20,31H,6-11,15,35H2,1-3H3/t20-/m0/s1. The molecule has 5 rings (SSSR count). The molecule has 1 spiro atoms. The maximum absolute atomic E-state index is 12.7. The molecule has 186 valence electrons. The molecule has 0 radical (unpaired) electrons. The van der Waals surface area contributed by atoms with Gasteiger partial charge in [-0.3, -0.25) is 4.98 Å². The Hall–Kier alpha value is -2.77. The number of benzene rings is 1. The van der Waals surface area contributed by atoms with Crippen molar-refractivity contribution in [1.29, 1.82) is 0 Å². The van der Waals surface area contributed by atoms with Gasteiger partial charge in [-0.1, -0.05) is 6.07 Å². The summed E-state index contributed by atoms with van der Waals surface area (Å²) in [4.78, 5) is 23.5. The van der Waals surface area contributed by atoms with E-state index in [-0.39, 0.29) is 24.2 Å². The van der Waals surface area contributed by atoms with Crippen LogP contribution in [0.15, 0.2) is 30.6 Å². The van der Waals surface area contributed by atoms with Crippen molar-refractivity contribution in [3.8, 4) is 17.3 Å². The molecule has 2 atom stereocenters. The summed E-state index contributed by atoms with van der Waals surface area (Å²) in [6, 6.07) is 6.01. The Morgan fingerprint density at radius 3 is 2.77 bits per heavy atom. The van der Waals surface area contributed by atoms with Crippen LogP contribution in [-0.4, -0.2) is 67.0 Å². The van der Waals surface area contributed by atoms with Crippen LogP contribution in [0.1, 0.15) is 45.6 Å². The van der Waals surface area contributed by atoms with E-state index in [2.05, 4.69) is 19.5 Å². The molecule has 10 heteroatoms. The van der Waals surface area contributed by atoms with Gasteiger partial charge in [-0.25, -0.2) is 14.2 Å². The van der Waals surface area contributed by atoms with Gasteiger partial charge in [-0.2, -0.15) is 5.10 Å². The van der Waals surface area contributed by atoms with Gasteiger partial charge in [0.15, 0.2) is 0 Å². The average molecular weight is 498 g/mol. The molecule has 1 N–H and O–H groups in total. The maximum Gasteiger partial charge on any atom is 0.410 e. The third-order valence-corrected chi connectivity index (χ3v) is 7.18. The number of likely N-dealkylation sites (tertiary alicyclic amines) is 1. The van der Waals surface area contributed by atoms with Crippen LogP contribution in [0.5, 0.6) is 5.88 Å². The third-order valence-electron chi connectivity index (χ3n) is 6.78. The lowest BCUT2D eigenvalue weighted by molar-refractivity contribution is -0.0120. The van der Waals surface area contributed by atoms with Gasteiger partial charge in [-0.15, -0.1) is 0 Å². The summed E-state index contributed by atoms with van der Waals surface area (Å²) in [7, 11) is 2.60. The second-order valence-electron chi connectivity index (χ2n) is 10.5. The van der Waals surface area contributed by atoms with Gasteiger partial charge < -0.3 is 19.5 Å². The highest BCUT2D eigenvalue weighted by Gasteiger charge is 2.54. The number of piperidine rings is 1. The number of aromatic nitrogens is 4. The number of amides is 1. The molecule has 35 heavy (non-hydrogen) atoms. The van der Waals surface area contributed by atoms with Crippen LogP contribution in [0.2, 0.25) is 0 Å². The van der Waals surface area contributed by atoms with E-state index in [0.29, 0.717) is 36.8 Å². The van der Waals surface area contributed by atoms with Crippen LogP contribution in [-0.2, 0) is 11.2 Å². The quantitative estimate of drug-likeness (QED) is 0.535. The third kappa shape index (κ3) is 4.98. The number of aliphatic hydroxyl groups excluding tert-OH is 1. The highest BCUT2D eigenvalue weighted by molar-refractivity contribution is 7.14. The number of hydrogen-bond acceptors (Lipinski definition) is 7. The smallest absolute Gasteiger partial charge is 0.410 e. The Bertz CT molecular complexity index is 1250. The summed E-state index contributed by atoms with van der Waals surface area (Å²) in [6.45, 7) is 6.85. The van der Waals surface area contributed by atoms with E-state index in [1.54, 1.807) is 21.7 Å². The summed E-state index contributed by atoms with van der Waals surface area (Å²) in [6.07, 6.45) is 6.45. The number of rotatable bonds is 5. The van der Waals surface area contributed by atoms with Crippen molar-refractivity contribution >= 4 is 26.4 Å². The zero-order valence-corrected chi connectivity index (χ0v) is 21.6. The molecular formula is C25H32N5O4P. The zero-order chi connectivity index (χ0) is 24.8.